The van der Waals surface area contributed by atoms with Crippen molar-refractivity contribution in [3.8, 4) is 21.4 Å². The maximum absolute atomic E-state index is 4.68. The fourth-order valence-electron chi connectivity index (χ4n) is 2.19. The molecule has 0 radical (unpaired) electrons. The van der Waals surface area contributed by atoms with E-state index in [-0.39, 0.29) is 0 Å². The molecule has 0 saturated carbocycles. The van der Waals surface area contributed by atoms with Crippen LogP contribution in [0, 0.1) is 13.8 Å². The molecule has 22 heavy (non-hydrogen) atoms. The number of hydrogen-bond acceptors (Lipinski definition) is 6. The normalized spacial score (nSPS) is 11.2. The van der Waals surface area contributed by atoms with Crippen molar-refractivity contribution in [3.05, 3.63) is 47.8 Å². The van der Waals surface area contributed by atoms with Gasteiger partial charge in [-0.1, -0.05) is 34.8 Å². The number of thiazole rings is 2. The Bertz CT molecular complexity index is 865. The van der Waals surface area contributed by atoms with Crippen LogP contribution in [0.4, 0.5) is 0 Å². The highest BCUT2D eigenvalue weighted by atomic mass is 32.1. The third kappa shape index (κ3) is 2.40. The Balaban J connectivity index is 1.77. The van der Waals surface area contributed by atoms with E-state index < -0.39 is 0 Å². The van der Waals surface area contributed by atoms with Crippen molar-refractivity contribution >= 4 is 32.3 Å². The highest BCUT2D eigenvalue weighted by Gasteiger charge is 2.14. The fraction of sp³-hybridized carbons (Fsp3) is 0.125. The molecule has 0 aromatic carbocycles. The molecule has 0 fully saturated rings. The smallest absolute Gasteiger partial charge is 0.156 e. The molecular formula is C16H12N4S2. The van der Waals surface area contributed by atoms with Crippen LogP contribution in [0.15, 0.2) is 36.4 Å². The van der Waals surface area contributed by atoms with Gasteiger partial charge >= 0.3 is 0 Å². The minimum atomic E-state index is 0.908. The first-order chi connectivity index (χ1) is 10.7. The zero-order valence-electron chi connectivity index (χ0n) is 12.1. The van der Waals surface area contributed by atoms with Crippen LogP contribution in [0.3, 0.4) is 0 Å². The summed E-state index contributed by atoms with van der Waals surface area (Å²) >= 11 is 3.15. The number of aryl methyl sites for hydroxylation is 2. The lowest BCUT2D eigenvalue weighted by atomic mass is 10.3. The summed E-state index contributed by atoms with van der Waals surface area (Å²) < 4.78 is 0. The Kier molecular flexibility index (Phi) is 3.20. The third-order valence-electron chi connectivity index (χ3n) is 3.19. The van der Waals surface area contributed by atoms with Crippen molar-refractivity contribution in [1.82, 2.24) is 19.9 Å². The van der Waals surface area contributed by atoms with Crippen LogP contribution in [-0.4, -0.2) is 19.9 Å². The van der Waals surface area contributed by atoms with Gasteiger partial charge in [-0.3, -0.25) is 9.97 Å². The van der Waals surface area contributed by atoms with Crippen molar-refractivity contribution in [3.63, 3.8) is 0 Å². The van der Waals surface area contributed by atoms with Gasteiger partial charge < -0.3 is 0 Å². The number of rotatable bonds is 2. The van der Waals surface area contributed by atoms with Crippen molar-refractivity contribution in [2.24, 2.45) is 0 Å². The molecule has 0 amide bonds. The van der Waals surface area contributed by atoms with Crippen LogP contribution in [-0.2, 0) is 0 Å². The van der Waals surface area contributed by atoms with Gasteiger partial charge in [0.1, 0.15) is 10.0 Å². The SMILES string of the molecule is Cc1cccc(-c2nc3sc(-c4cccc(C)n4)nc3s2)n1. The van der Waals surface area contributed by atoms with Gasteiger partial charge in [-0.05, 0) is 38.1 Å². The first-order valence-corrected chi connectivity index (χ1v) is 8.48. The first kappa shape index (κ1) is 13.5. The van der Waals surface area contributed by atoms with Gasteiger partial charge in [0.15, 0.2) is 9.66 Å². The lowest BCUT2D eigenvalue weighted by Crippen LogP contribution is -1.85. The molecule has 0 aliphatic heterocycles. The quantitative estimate of drug-likeness (QED) is 0.545. The van der Waals surface area contributed by atoms with E-state index in [0.29, 0.717) is 0 Å². The molecule has 0 spiro atoms. The maximum Gasteiger partial charge on any atom is 0.156 e. The van der Waals surface area contributed by atoms with E-state index in [0.717, 1.165) is 42.5 Å². The molecule has 4 aromatic rings. The molecule has 0 unspecified atom stereocenters. The predicted octanol–water partition coefficient (Wildman–Crippen LogP) is 4.49. The largest absolute Gasteiger partial charge is 0.251 e. The van der Waals surface area contributed by atoms with Gasteiger partial charge in [-0.25, -0.2) is 9.97 Å². The average Bonchev–Trinajstić information content (AvgIpc) is 3.05. The Morgan fingerprint density at radius 3 is 1.50 bits per heavy atom. The molecule has 6 heteroatoms. The molecule has 0 N–H and O–H groups in total. The lowest BCUT2D eigenvalue weighted by Gasteiger charge is -1.97. The fourth-order valence-corrected chi connectivity index (χ4v) is 4.17. The Morgan fingerprint density at radius 2 is 1.09 bits per heavy atom. The summed E-state index contributed by atoms with van der Waals surface area (Å²) in [5.41, 5.74) is 3.80. The summed E-state index contributed by atoms with van der Waals surface area (Å²) in [4.78, 5) is 20.3. The standard InChI is InChI=1S/C16H12N4S2/c1-9-5-3-7-11(17-9)13-19-15-16(21-13)20-14(22-15)12-8-4-6-10(2)18-12/h3-8H,1-2H3. The first-order valence-electron chi connectivity index (χ1n) is 6.84. The van der Waals surface area contributed by atoms with E-state index in [1.54, 1.807) is 22.7 Å². The molecule has 0 aliphatic carbocycles. The number of aromatic nitrogens is 4. The monoisotopic (exact) mass is 324 g/mol. The summed E-state index contributed by atoms with van der Waals surface area (Å²) in [6.07, 6.45) is 0. The summed E-state index contributed by atoms with van der Waals surface area (Å²) in [6.45, 7) is 3.97. The van der Waals surface area contributed by atoms with Crippen LogP contribution >= 0.6 is 22.7 Å². The summed E-state index contributed by atoms with van der Waals surface area (Å²) in [6, 6.07) is 11.9. The van der Waals surface area contributed by atoms with E-state index in [4.69, 9.17) is 0 Å². The van der Waals surface area contributed by atoms with E-state index >= 15 is 0 Å². The summed E-state index contributed by atoms with van der Waals surface area (Å²) in [5, 5.41) is 1.84. The minimum absolute atomic E-state index is 0.908. The van der Waals surface area contributed by atoms with Gasteiger partial charge in [0.25, 0.3) is 0 Å². The van der Waals surface area contributed by atoms with Crippen LogP contribution < -0.4 is 0 Å². The summed E-state index contributed by atoms with van der Waals surface area (Å²) in [7, 11) is 0. The average molecular weight is 324 g/mol. The number of pyridine rings is 2. The molecule has 4 aromatic heterocycles. The van der Waals surface area contributed by atoms with Crippen LogP contribution in [0.25, 0.3) is 31.1 Å². The minimum Gasteiger partial charge on any atom is -0.251 e. The van der Waals surface area contributed by atoms with Gasteiger partial charge in [-0.15, -0.1) is 0 Å². The van der Waals surface area contributed by atoms with Crippen LogP contribution in [0.1, 0.15) is 11.4 Å². The van der Waals surface area contributed by atoms with Crippen molar-refractivity contribution < 1.29 is 0 Å². The summed E-state index contributed by atoms with van der Waals surface area (Å²) in [5.74, 6) is 0. The number of nitrogens with zero attached hydrogens (tertiary/aromatic N) is 4. The second-order valence-electron chi connectivity index (χ2n) is 4.98. The van der Waals surface area contributed by atoms with E-state index in [9.17, 15) is 0 Å². The van der Waals surface area contributed by atoms with Gasteiger partial charge in [0.05, 0.1) is 11.4 Å². The molecule has 0 saturated heterocycles. The van der Waals surface area contributed by atoms with Gasteiger partial charge in [0, 0.05) is 11.4 Å². The number of hydrogen-bond donors (Lipinski definition) is 0. The van der Waals surface area contributed by atoms with E-state index in [1.165, 1.54) is 0 Å². The third-order valence-corrected chi connectivity index (χ3v) is 5.26. The molecule has 0 bridgehead atoms. The van der Waals surface area contributed by atoms with Crippen molar-refractivity contribution in [1.29, 1.82) is 0 Å². The predicted molar refractivity (Wildman–Crippen MR) is 91.2 cm³/mol. The topological polar surface area (TPSA) is 51.6 Å². The highest BCUT2D eigenvalue weighted by Crippen LogP contribution is 2.35. The molecule has 0 aliphatic rings. The van der Waals surface area contributed by atoms with Crippen molar-refractivity contribution in [2.75, 3.05) is 0 Å². The van der Waals surface area contributed by atoms with E-state index in [2.05, 4.69) is 19.9 Å². The highest BCUT2D eigenvalue weighted by molar-refractivity contribution is 7.29. The molecule has 108 valence electrons. The molecular weight excluding hydrogens is 312 g/mol. The van der Waals surface area contributed by atoms with Crippen molar-refractivity contribution in [2.45, 2.75) is 13.8 Å². The maximum atomic E-state index is 4.68. The Labute approximate surface area is 135 Å². The molecule has 4 heterocycles. The number of fused-ring (bicyclic) bond motifs is 1. The van der Waals surface area contributed by atoms with Gasteiger partial charge in [0.2, 0.25) is 0 Å². The zero-order valence-corrected chi connectivity index (χ0v) is 13.7. The Hall–Kier alpha value is -2.18. The molecule has 4 nitrogen and oxygen atoms in total. The van der Waals surface area contributed by atoms with E-state index in [1.807, 2.05) is 50.2 Å². The second kappa shape index (κ2) is 5.23. The lowest BCUT2D eigenvalue weighted by molar-refractivity contribution is 1.20. The van der Waals surface area contributed by atoms with Crippen LogP contribution in [0.2, 0.25) is 0 Å². The Morgan fingerprint density at radius 1 is 0.636 bits per heavy atom. The molecule has 0 atom stereocenters. The van der Waals surface area contributed by atoms with Crippen LogP contribution in [0.5, 0.6) is 0 Å². The second-order valence-corrected chi connectivity index (χ2v) is 6.93. The zero-order chi connectivity index (χ0) is 15.1. The molecule has 4 rings (SSSR count). The van der Waals surface area contributed by atoms with Gasteiger partial charge in [-0.2, -0.15) is 0 Å².